The molecule has 0 aromatic heterocycles. The number of benzene rings is 3. The van der Waals surface area contributed by atoms with Gasteiger partial charge in [0.1, 0.15) is 11.5 Å². The fourth-order valence-electron chi connectivity index (χ4n) is 3.95. The highest BCUT2D eigenvalue weighted by Crippen LogP contribution is 2.42. The van der Waals surface area contributed by atoms with Crippen LogP contribution in [0.2, 0.25) is 0 Å². The number of nitrogens with zero attached hydrogens (tertiary/aromatic N) is 1. The number of fused-ring (bicyclic) bond motifs is 6. The molecule has 0 saturated heterocycles. The zero-order valence-corrected chi connectivity index (χ0v) is 13.7. The smallest absolute Gasteiger partial charge is 0.179 e. The SMILES string of the molecule is COc1ccc2ccc3c(c2c1)CN1CCc2ccccc2C1O3. The first kappa shape index (κ1) is 13.9. The molecule has 3 aromatic rings. The topological polar surface area (TPSA) is 21.7 Å². The van der Waals surface area contributed by atoms with Crippen LogP contribution < -0.4 is 9.47 Å². The van der Waals surface area contributed by atoms with Gasteiger partial charge in [-0.2, -0.15) is 0 Å². The molecule has 0 fully saturated rings. The molecule has 120 valence electrons. The van der Waals surface area contributed by atoms with Crippen molar-refractivity contribution in [3.63, 3.8) is 0 Å². The van der Waals surface area contributed by atoms with Gasteiger partial charge in [0.15, 0.2) is 6.23 Å². The van der Waals surface area contributed by atoms with Crippen molar-refractivity contribution in [2.45, 2.75) is 19.2 Å². The Morgan fingerprint density at radius 2 is 1.96 bits per heavy atom. The molecule has 3 nitrogen and oxygen atoms in total. The van der Waals surface area contributed by atoms with E-state index in [2.05, 4.69) is 53.4 Å². The summed E-state index contributed by atoms with van der Waals surface area (Å²) in [5.41, 5.74) is 3.98. The van der Waals surface area contributed by atoms with Crippen LogP contribution in [-0.2, 0) is 13.0 Å². The van der Waals surface area contributed by atoms with Crippen molar-refractivity contribution in [3.05, 3.63) is 71.3 Å². The lowest BCUT2D eigenvalue weighted by Gasteiger charge is -2.41. The number of methoxy groups -OCH3 is 1. The summed E-state index contributed by atoms with van der Waals surface area (Å²) in [5, 5.41) is 2.46. The normalized spacial score (nSPS) is 19.1. The fraction of sp³-hybridized carbons (Fsp3) is 0.238. The maximum atomic E-state index is 6.43. The Hall–Kier alpha value is -2.52. The Labute approximate surface area is 141 Å². The monoisotopic (exact) mass is 317 g/mol. The second-order valence-electron chi connectivity index (χ2n) is 6.52. The fourth-order valence-corrected chi connectivity index (χ4v) is 3.95. The maximum absolute atomic E-state index is 6.43. The summed E-state index contributed by atoms with van der Waals surface area (Å²) in [5.74, 6) is 1.88. The average molecular weight is 317 g/mol. The van der Waals surface area contributed by atoms with Crippen molar-refractivity contribution in [2.75, 3.05) is 13.7 Å². The minimum absolute atomic E-state index is 0.0329. The van der Waals surface area contributed by atoms with Gasteiger partial charge in [0.05, 0.1) is 7.11 Å². The van der Waals surface area contributed by atoms with Crippen molar-refractivity contribution in [2.24, 2.45) is 0 Å². The van der Waals surface area contributed by atoms with Crippen LogP contribution in [0, 0.1) is 0 Å². The zero-order valence-electron chi connectivity index (χ0n) is 13.7. The molecule has 0 aliphatic carbocycles. The molecular formula is C21H19NO2. The van der Waals surface area contributed by atoms with E-state index >= 15 is 0 Å². The van der Waals surface area contributed by atoms with Gasteiger partial charge in [0.25, 0.3) is 0 Å². The lowest BCUT2D eigenvalue weighted by atomic mass is 9.94. The molecular weight excluding hydrogens is 298 g/mol. The minimum Gasteiger partial charge on any atom is -0.497 e. The van der Waals surface area contributed by atoms with Crippen molar-refractivity contribution in [3.8, 4) is 11.5 Å². The van der Waals surface area contributed by atoms with Gasteiger partial charge in [0, 0.05) is 24.2 Å². The Bertz CT molecular complexity index is 934. The molecule has 2 aliphatic rings. The molecule has 0 bridgehead atoms. The second kappa shape index (κ2) is 5.25. The molecule has 3 aromatic carbocycles. The summed E-state index contributed by atoms with van der Waals surface area (Å²) in [7, 11) is 1.71. The predicted octanol–water partition coefficient (Wildman–Crippen LogP) is 4.30. The summed E-state index contributed by atoms with van der Waals surface area (Å²) in [6.07, 6.45) is 1.12. The van der Waals surface area contributed by atoms with E-state index in [1.54, 1.807) is 7.11 Å². The van der Waals surface area contributed by atoms with Gasteiger partial charge in [-0.1, -0.05) is 36.4 Å². The van der Waals surface area contributed by atoms with Crippen LogP contribution in [0.1, 0.15) is 22.9 Å². The Morgan fingerprint density at radius 3 is 2.88 bits per heavy atom. The Morgan fingerprint density at radius 1 is 1.08 bits per heavy atom. The van der Waals surface area contributed by atoms with Gasteiger partial charge in [0.2, 0.25) is 0 Å². The van der Waals surface area contributed by atoms with E-state index < -0.39 is 0 Å². The highest BCUT2D eigenvalue weighted by atomic mass is 16.5. The molecule has 1 atom stereocenters. The molecule has 0 amide bonds. The molecule has 5 rings (SSSR count). The van der Waals surface area contributed by atoms with Crippen LogP contribution in [0.15, 0.2) is 54.6 Å². The molecule has 3 heteroatoms. The van der Waals surface area contributed by atoms with Crippen LogP contribution in [0.3, 0.4) is 0 Å². The number of hydrogen-bond acceptors (Lipinski definition) is 3. The molecule has 2 aliphatic heterocycles. The van der Waals surface area contributed by atoms with E-state index in [9.17, 15) is 0 Å². The van der Waals surface area contributed by atoms with Crippen molar-refractivity contribution in [1.82, 2.24) is 4.90 Å². The van der Waals surface area contributed by atoms with Gasteiger partial charge in [-0.25, -0.2) is 0 Å². The van der Waals surface area contributed by atoms with Crippen LogP contribution in [-0.4, -0.2) is 18.6 Å². The first-order valence-corrected chi connectivity index (χ1v) is 8.41. The van der Waals surface area contributed by atoms with Gasteiger partial charge < -0.3 is 9.47 Å². The van der Waals surface area contributed by atoms with E-state index in [1.165, 1.54) is 27.5 Å². The Balaban J connectivity index is 1.64. The van der Waals surface area contributed by atoms with Gasteiger partial charge >= 0.3 is 0 Å². The molecule has 0 saturated carbocycles. The van der Waals surface area contributed by atoms with Crippen LogP contribution in [0.25, 0.3) is 10.8 Å². The van der Waals surface area contributed by atoms with Crippen molar-refractivity contribution >= 4 is 10.8 Å². The molecule has 0 radical (unpaired) electrons. The number of ether oxygens (including phenoxy) is 2. The molecule has 2 heterocycles. The van der Waals surface area contributed by atoms with E-state index in [0.29, 0.717) is 0 Å². The third-order valence-corrected chi connectivity index (χ3v) is 5.22. The maximum Gasteiger partial charge on any atom is 0.179 e. The van der Waals surface area contributed by atoms with Crippen LogP contribution in [0.5, 0.6) is 11.5 Å². The van der Waals surface area contributed by atoms with E-state index in [-0.39, 0.29) is 6.23 Å². The van der Waals surface area contributed by atoms with E-state index in [1.807, 2.05) is 6.07 Å². The first-order chi connectivity index (χ1) is 11.8. The number of hydrogen-bond donors (Lipinski definition) is 0. The highest BCUT2D eigenvalue weighted by Gasteiger charge is 2.33. The lowest BCUT2D eigenvalue weighted by Crippen LogP contribution is -2.40. The van der Waals surface area contributed by atoms with E-state index in [4.69, 9.17) is 9.47 Å². The molecule has 24 heavy (non-hydrogen) atoms. The Kier molecular flexibility index (Phi) is 3.03. The summed E-state index contributed by atoms with van der Waals surface area (Å²) >= 11 is 0. The third-order valence-electron chi connectivity index (χ3n) is 5.22. The standard InChI is InChI=1S/C21H19NO2/c1-23-16-8-6-15-7-9-20-19(18(15)12-16)13-22-11-10-14-4-2-3-5-17(14)21(22)24-20/h2-9,12,21H,10-11,13H2,1H3. The van der Waals surface area contributed by atoms with Crippen molar-refractivity contribution in [1.29, 1.82) is 0 Å². The van der Waals surface area contributed by atoms with Gasteiger partial charge in [-0.15, -0.1) is 0 Å². The largest absolute Gasteiger partial charge is 0.497 e. The molecule has 0 spiro atoms. The highest BCUT2D eigenvalue weighted by molar-refractivity contribution is 5.89. The lowest BCUT2D eigenvalue weighted by molar-refractivity contribution is -0.00953. The summed E-state index contributed by atoms with van der Waals surface area (Å²) in [6, 6.07) is 19.1. The summed E-state index contributed by atoms with van der Waals surface area (Å²) in [6.45, 7) is 1.94. The van der Waals surface area contributed by atoms with Gasteiger partial charge in [-0.3, -0.25) is 4.90 Å². The third kappa shape index (κ3) is 2.01. The summed E-state index contributed by atoms with van der Waals surface area (Å²) < 4.78 is 11.8. The predicted molar refractivity (Wildman–Crippen MR) is 94.4 cm³/mol. The van der Waals surface area contributed by atoms with E-state index in [0.717, 1.165) is 31.0 Å². The first-order valence-electron chi connectivity index (χ1n) is 8.41. The van der Waals surface area contributed by atoms with Crippen molar-refractivity contribution < 1.29 is 9.47 Å². The second-order valence-corrected chi connectivity index (χ2v) is 6.52. The van der Waals surface area contributed by atoms with Crippen LogP contribution in [0.4, 0.5) is 0 Å². The average Bonchev–Trinajstić information content (AvgIpc) is 2.66. The minimum atomic E-state index is 0.0329. The van der Waals surface area contributed by atoms with Gasteiger partial charge in [-0.05, 0) is 41.0 Å². The zero-order chi connectivity index (χ0) is 16.1. The molecule has 1 unspecified atom stereocenters. The van der Waals surface area contributed by atoms with Crippen LogP contribution >= 0.6 is 0 Å². The summed E-state index contributed by atoms with van der Waals surface area (Å²) in [4.78, 5) is 2.43. The number of rotatable bonds is 1. The molecule has 0 N–H and O–H groups in total. The quantitative estimate of drug-likeness (QED) is 0.668.